The Labute approximate surface area is 196 Å². The molecule has 4 amide bonds. The number of aryl methyl sites for hydroxylation is 2. The van der Waals surface area contributed by atoms with Gasteiger partial charge in [0.05, 0.1) is 10.6 Å². The first-order chi connectivity index (χ1) is 15.7. The van der Waals surface area contributed by atoms with Gasteiger partial charge in [-0.15, -0.1) is 0 Å². The third-order valence-electron chi connectivity index (χ3n) is 5.19. The van der Waals surface area contributed by atoms with Crippen LogP contribution >= 0.6 is 15.9 Å². The number of imide groups is 2. The molecule has 1 aliphatic heterocycles. The summed E-state index contributed by atoms with van der Waals surface area (Å²) in [6, 6.07) is 11.6. The lowest BCUT2D eigenvalue weighted by Crippen LogP contribution is -2.54. The summed E-state index contributed by atoms with van der Waals surface area (Å²) < 4.78 is 6.19. The molecule has 1 aromatic heterocycles. The highest BCUT2D eigenvalue weighted by Gasteiger charge is 2.37. The maximum atomic E-state index is 13.0. The van der Waals surface area contributed by atoms with Gasteiger partial charge >= 0.3 is 6.03 Å². The van der Waals surface area contributed by atoms with E-state index in [2.05, 4.69) is 21.2 Å². The van der Waals surface area contributed by atoms with Crippen molar-refractivity contribution in [3.8, 4) is 11.3 Å². The molecular weight excluding hydrogens is 494 g/mol. The topological polar surface area (TPSA) is 123 Å². The van der Waals surface area contributed by atoms with Gasteiger partial charge < -0.3 is 4.42 Å². The summed E-state index contributed by atoms with van der Waals surface area (Å²) in [7, 11) is 0. The van der Waals surface area contributed by atoms with Crippen LogP contribution in [0.4, 0.5) is 16.2 Å². The number of urea groups is 1. The standard InChI is InChI=1S/C23H16BrN3O6/c1-12-3-4-14(9-13(12)2)26-22(29)18(21(28)25-23(26)30)11-16-6-8-20(33-16)17-7-5-15(27(31)32)10-19(17)24/h3-11H,1-2H3,(H,25,28,30)/b18-11-. The fraction of sp³-hybridized carbons (Fsp3) is 0.0870. The molecule has 1 aliphatic rings. The van der Waals surface area contributed by atoms with Gasteiger partial charge in [0, 0.05) is 22.2 Å². The number of nitro groups is 1. The van der Waals surface area contributed by atoms with Crippen molar-refractivity contribution in [3.63, 3.8) is 0 Å². The minimum Gasteiger partial charge on any atom is -0.457 e. The number of hydrogen-bond donors (Lipinski definition) is 1. The van der Waals surface area contributed by atoms with Crippen molar-refractivity contribution in [1.82, 2.24) is 5.32 Å². The van der Waals surface area contributed by atoms with Crippen LogP contribution < -0.4 is 10.2 Å². The highest BCUT2D eigenvalue weighted by atomic mass is 79.9. The van der Waals surface area contributed by atoms with Crippen LogP contribution in [0.15, 0.2) is 63.0 Å². The van der Waals surface area contributed by atoms with Crippen LogP contribution in [-0.4, -0.2) is 22.8 Å². The molecule has 3 aromatic rings. The first kappa shape index (κ1) is 22.2. The summed E-state index contributed by atoms with van der Waals surface area (Å²) >= 11 is 3.29. The molecule has 166 valence electrons. The minimum atomic E-state index is -0.834. The number of nitro benzene ring substituents is 1. The highest BCUT2D eigenvalue weighted by Crippen LogP contribution is 2.33. The molecule has 0 bridgehead atoms. The molecule has 2 aromatic carbocycles. The van der Waals surface area contributed by atoms with Gasteiger partial charge in [-0.05, 0) is 77.3 Å². The van der Waals surface area contributed by atoms with Crippen molar-refractivity contribution < 1.29 is 23.7 Å². The van der Waals surface area contributed by atoms with Gasteiger partial charge in [-0.2, -0.15) is 0 Å². The molecule has 1 N–H and O–H groups in total. The lowest BCUT2D eigenvalue weighted by Gasteiger charge is -2.26. The van der Waals surface area contributed by atoms with Crippen LogP contribution in [0, 0.1) is 24.0 Å². The molecule has 0 saturated carbocycles. The zero-order valence-electron chi connectivity index (χ0n) is 17.4. The van der Waals surface area contributed by atoms with Crippen LogP contribution in [0.25, 0.3) is 17.4 Å². The van der Waals surface area contributed by atoms with E-state index in [1.54, 1.807) is 30.3 Å². The summed E-state index contributed by atoms with van der Waals surface area (Å²) in [5.41, 5.74) is 2.43. The Morgan fingerprint density at radius 2 is 1.79 bits per heavy atom. The summed E-state index contributed by atoms with van der Waals surface area (Å²) in [6.45, 7) is 3.76. The lowest BCUT2D eigenvalue weighted by atomic mass is 10.1. The van der Waals surface area contributed by atoms with Gasteiger partial charge in [-0.3, -0.25) is 25.0 Å². The van der Waals surface area contributed by atoms with Crippen molar-refractivity contribution in [1.29, 1.82) is 0 Å². The van der Waals surface area contributed by atoms with Crippen molar-refractivity contribution in [2.45, 2.75) is 13.8 Å². The van der Waals surface area contributed by atoms with E-state index in [0.29, 0.717) is 21.5 Å². The van der Waals surface area contributed by atoms with E-state index in [9.17, 15) is 24.5 Å². The fourth-order valence-electron chi connectivity index (χ4n) is 3.29. The summed E-state index contributed by atoms with van der Waals surface area (Å²) in [4.78, 5) is 49.1. The Hall–Kier alpha value is -4.05. The highest BCUT2D eigenvalue weighted by molar-refractivity contribution is 9.10. The maximum absolute atomic E-state index is 13.0. The number of hydrogen-bond acceptors (Lipinski definition) is 6. The Bertz CT molecular complexity index is 1370. The number of anilines is 1. The molecule has 0 spiro atoms. The second-order valence-corrected chi connectivity index (χ2v) is 8.20. The van der Waals surface area contributed by atoms with E-state index in [1.165, 1.54) is 24.3 Å². The first-order valence-corrected chi connectivity index (χ1v) is 10.5. The quantitative estimate of drug-likeness (QED) is 0.231. The number of carbonyl (C=O) groups excluding carboxylic acids is 3. The summed E-state index contributed by atoms with van der Waals surface area (Å²) in [5.74, 6) is -1.04. The Balaban J connectivity index is 1.67. The van der Waals surface area contributed by atoms with Gasteiger partial charge in [-0.1, -0.05) is 6.07 Å². The molecule has 0 aliphatic carbocycles. The third-order valence-corrected chi connectivity index (χ3v) is 5.85. The van der Waals surface area contributed by atoms with Crippen molar-refractivity contribution in [2.24, 2.45) is 0 Å². The lowest BCUT2D eigenvalue weighted by molar-refractivity contribution is -0.384. The molecule has 0 unspecified atom stereocenters. The Morgan fingerprint density at radius 1 is 1.03 bits per heavy atom. The summed E-state index contributed by atoms with van der Waals surface area (Å²) in [5, 5.41) is 13.1. The number of amides is 4. The number of furan rings is 1. The van der Waals surface area contributed by atoms with Crippen molar-refractivity contribution in [3.05, 3.63) is 85.6 Å². The minimum absolute atomic E-state index is 0.0832. The van der Waals surface area contributed by atoms with Crippen LogP contribution in [-0.2, 0) is 9.59 Å². The van der Waals surface area contributed by atoms with E-state index in [4.69, 9.17) is 4.42 Å². The van der Waals surface area contributed by atoms with E-state index in [1.807, 2.05) is 13.8 Å². The molecule has 9 nitrogen and oxygen atoms in total. The molecule has 10 heteroatoms. The molecule has 1 saturated heterocycles. The van der Waals surface area contributed by atoms with Crippen LogP contribution in [0.2, 0.25) is 0 Å². The van der Waals surface area contributed by atoms with E-state index in [0.717, 1.165) is 16.0 Å². The number of nitrogens with one attached hydrogen (secondary N) is 1. The molecule has 2 heterocycles. The first-order valence-electron chi connectivity index (χ1n) is 9.68. The predicted molar refractivity (Wildman–Crippen MR) is 123 cm³/mol. The molecule has 33 heavy (non-hydrogen) atoms. The number of halogens is 1. The predicted octanol–water partition coefficient (Wildman–Crippen LogP) is 4.90. The molecule has 4 rings (SSSR count). The van der Waals surface area contributed by atoms with Crippen molar-refractivity contribution in [2.75, 3.05) is 4.90 Å². The van der Waals surface area contributed by atoms with Gasteiger partial charge in [0.25, 0.3) is 17.5 Å². The fourth-order valence-corrected chi connectivity index (χ4v) is 3.85. The Kier molecular flexibility index (Phi) is 5.69. The summed E-state index contributed by atoms with van der Waals surface area (Å²) in [6.07, 6.45) is 1.25. The van der Waals surface area contributed by atoms with Gasteiger partial charge in [0.2, 0.25) is 0 Å². The smallest absolute Gasteiger partial charge is 0.335 e. The van der Waals surface area contributed by atoms with Crippen LogP contribution in [0.3, 0.4) is 0 Å². The molecule has 0 atom stereocenters. The van der Waals surface area contributed by atoms with Crippen LogP contribution in [0.5, 0.6) is 0 Å². The normalized spacial score (nSPS) is 15.2. The van der Waals surface area contributed by atoms with Crippen LogP contribution in [0.1, 0.15) is 16.9 Å². The largest absolute Gasteiger partial charge is 0.457 e. The van der Waals surface area contributed by atoms with E-state index in [-0.39, 0.29) is 17.0 Å². The van der Waals surface area contributed by atoms with Crippen molar-refractivity contribution >= 4 is 51.2 Å². The SMILES string of the molecule is Cc1ccc(N2C(=O)NC(=O)/C(=C/c3ccc(-c4ccc([N+](=O)[O-])cc4Br)o3)C2=O)cc1C. The molecule has 1 fully saturated rings. The third kappa shape index (κ3) is 4.20. The zero-order chi connectivity index (χ0) is 23.9. The average molecular weight is 510 g/mol. The number of carbonyl (C=O) groups is 3. The number of nitrogens with zero attached hydrogens (tertiary/aromatic N) is 2. The van der Waals surface area contributed by atoms with Gasteiger partial charge in [0.1, 0.15) is 17.1 Å². The Morgan fingerprint density at radius 3 is 2.45 bits per heavy atom. The monoisotopic (exact) mass is 509 g/mol. The molecular formula is C23H16BrN3O6. The number of barbiturate groups is 1. The number of rotatable bonds is 4. The van der Waals surface area contributed by atoms with Gasteiger partial charge in [-0.25, -0.2) is 9.69 Å². The zero-order valence-corrected chi connectivity index (χ0v) is 19.0. The number of non-ortho nitro benzene ring substituents is 1. The maximum Gasteiger partial charge on any atom is 0.335 e. The molecule has 0 radical (unpaired) electrons. The second kappa shape index (κ2) is 8.47. The average Bonchev–Trinajstić information content (AvgIpc) is 3.21. The van der Waals surface area contributed by atoms with E-state index < -0.39 is 22.8 Å². The second-order valence-electron chi connectivity index (χ2n) is 7.35. The number of benzene rings is 2. The van der Waals surface area contributed by atoms with E-state index >= 15 is 0 Å². The van der Waals surface area contributed by atoms with Gasteiger partial charge in [0.15, 0.2) is 0 Å².